The monoisotopic (exact) mass is 348 g/mol. The van der Waals surface area contributed by atoms with Crippen molar-refractivity contribution < 1.29 is 18.7 Å². The Morgan fingerprint density at radius 2 is 1.72 bits per heavy atom. The van der Waals surface area contributed by atoms with Crippen LogP contribution in [0.5, 0.6) is 0 Å². The highest BCUT2D eigenvalue weighted by atomic mass is 19.1. The number of benzene rings is 1. The summed E-state index contributed by atoms with van der Waals surface area (Å²) in [6.07, 6.45) is 4.27. The lowest BCUT2D eigenvalue weighted by Crippen LogP contribution is -2.51. The number of hydrogen-bond donors (Lipinski definition) is 1. The van der Waals surface area contributed by atoms with Gasteiger partial charge in [-0.15, -0.1) is 0 Å². The number of nitrogens with zero attached hydrogens (tertiary/aromatic N) is 1. The minimum absolute atomic E-state index is 0.0165. The fourth-order valence-corrected chi connectivity index (χ4v) is 3.72. The molecular formula is C19H25FN2O3. The van der Waals surface area contributed by atoms with Crippen molar-refractivity contribution in [2.45, 2.75) is 37.5 Å². The van der Waals surface area contributed by atoms with Crippen molar-refractivity contribution in [3.8, 4) is 0 Å². The van der Waals surface area contributed by atoms with Crippen molar-refractivity contribution >= 4 is 11.8 Å². The van der Waals surface area contributed by atoms with E-state index < -0.39 is 5.41 Å². The molecule has 3 rings (SSSR count). The molecule has 2 heterocycles. The van der Waals surface area contributed by atoms with Crippen LogP contribution in [0, 0.1) is 5.82 Å². The number of nitrogens with one attached hydrogen (secondary N) is 1. The lowest BCUT2D eigenvalue weighted by Gasteiger charge is -2.36. The first-order chi connectivity index (χ1) is 12.1. The molecule has 0 bridgehead atoms. The van der Waals surface area contributed by atoms with E-state index in [0.29, 0.717) is 26.1 Å². The fourth-order valence-electron chi connectivity index (χ4n) is 3.72. The molecule has 0 aliphatic carbocycles. The summed E-state index contributed by atoms with van der Waals surface area (Å²) in [5, 5.41) is 2.82. The number of piperidine rings is 1. The van der Waals surface area contributed by atoms with E-state index in [0.717, 1.165) is 37.9 Å². The minimum Gasteiger partial charge on any atom is -0.381 e. The average molecular weight is 348 g/mol. The zero-order valence-corrected chi connectivity index (χ0v) is 14.4. The summed E-state index contributed by atoms with van der Waals surface area (Å²) in [6, 6.07) is 6.07. The number of hydrogen-bond acceptors (Lipinski definition) is 3. The molecule has 0 spiro atoms. The van der Waals surface area contributed by atoms with Crippen molar-refractivity contribution in [2.75, 3.05) is 32.8 Å². The van der Waals surface area contributed by atoms with E-state index in [-0.39, 0.29) is 24.2 Å². The van der Waals surface area contributed by atoms with E-state index in [1.165, 1.54) is 12.1 Å². The zero-order valence-electron chi connectivity index (χ0n) is 14.4. The Labute approximate surface area is 147 Å². The van der Waals surface area contributed by atoms with Gasteiger partial charge in [0.25, 0.3) is 0 Å². The minimum atomic E-state index is -0.756. The average Bonchev–Trinajstić information content (AvgIpc) is 2.67. The van der Waals surface area contributed by atoms with E-state index in [1.54, 1.807) is 12.1 Å². The molecule has 1 N–H and O–H groups in total. The maximum absolute atomic E-state index is 13.3. The second-order valence-electron chi connectivity index (χ2n) is 6.83. The van der Waals surface area contributed by atoms with Gasteiger partial charge in [-0.2, -0.15) is 0 Å². The molecule has 0 aromatic heterocycles. The van der Waals surface area contributed by atoms with E-state index in [4.69, 9.17) is 4.74 Å². The standard InChI is InChI=1S/C19H25FN2O3/c20-16-6-4-15(5-7-16)19(8-12-25-13-9-19)18(24)21-14-17(23)22-10-2-1-3-11-22/h4-7H,1-3,8-14H2,(H,21,24). The molecule has 1 aromatic rings. The van der Waals surface area contributed by atoms with Crippen LogP contribution in [-0.2, 0) is 19.7 Å². The molecule has 0 radical (unpaired) electrons. The fraction of sp³-hybridized carbons (Fsp3) is 0.579. The van der Waals surface area contributed by atoms with Gasteiger partial charge in [-0.3, -0.25) is 9.59 Å². The summed E-state index contributed by atoms with van der Waals surface area (Å²) in [4.78, 5) is 27.1. The number of carbonyl (C=O) groups is 2. The summed E-state index contributed by atoms with van der Waals surface area (Å²) >= 11 is 0. The second kappa shape index (κ2) is 7.95. The molecule has 136 valence electrons. The van der Waals surface area contributed by atoms with Crippen molar-refractivity contribution in [1.29, 1.82) is 0 Å². The van der Waals surface area contributed by atoms with Crippen LogP contribution in [0.25, 0.3) is 0 Å². The van der Waals surface area contributed by atoms with Crippen molar-refractivity contribution in [2.24, 2.45) is 0 Å². The predicted molar refractivity (Wildman–Crippen MR) is 91.6 cm³/mol. The Morgan fingerprint density at radius 1 is 1.08 bits per heavy atom. The van der Waals surface area contributed by atoms with Gasteiger partial charge in [0.1, 0.15) is 5.82 Å². The van der Waals surface area contributed by atoms with Crippen molar-refractivity contribution in [3.63, 3.8) is 0 Å². The maximum Gasteiger partial charge on any atom is 0.241 e. The largest absolute Gasteiger partial charge is 0.381 e. The molecule has 25 heavy (non-hydrogen) atoms. The molecule has 0 saturated carbocycles. The van der Waals surface area contributed by atoms with E-state index in [9.17, 15) is 14.0 Å². The van der Waals surface area contributed by atoms with Crippen LogP contribution in [0.15, 0.2) is 24.3 Å². The van der Waals surface area contributed by atoms with Crippen LogP contribution in [0.3, 0.4) is 0 Å². The van der Waals surface area contributed by atoms with Gasteiger partial charge in [0.05, 0.1) is 12.0 Å². The summed E-state index contributed by atoms with van der Waals surface area (Å²) in [6.45, 7) is 2.51. The van der Waals surface area contributed by atoms with Crippen LogP contribution < -0.4 is 5.32 Å². The molecule has 2 aliphatic rings. The lowest BCUT2D eigenvalue weighted by atomic mass is 9.73. The number of carbonyl (C=O) groups excluding carboxylic acids is 2. The van der Waals surface area contributed by atoms with Gasteiger partial charge in [0, 0.05) is 26.3 Å². The highest BCUT2D eigenvalue weighted by Crippen LogP contribution is 2.35. The predicted octanol–water partition coefficient (Wildman–Crippen LogP) is 2.00. The van der Waals surface area contributed by atoms with Crippen LogP contribution in [0.4, 0.5) is 4.39 Å². The lowest BCUT2D eigenvalue weighted by molar-refractivity contribution is -0.136. The van der Waals surface area contributed by atoms with Crippen molar-refractivity contribution in [3.05, 3.63) is 35.6 Å². The van der Waals surface area contributed by atoms with Gasteiger partial charge < -0.3 is 15.0 Å². The topological polar surface area (TPSA) is 58.6 Å². The number of ether oxygens (including phenoxy) is 1. The smallest absolute Gasteiger partial charge is 0.241 e. The first-order valence-electron chi connectivity index (χ1n) is 9.02. The van der Waals surface area contributed by atoms with Gasteiger partial charge >= 0.3 is 0 Å². The summed E-state index contributed by atoms with van der Waals surface area (Å²) in [7, 11) is 0. The van der Waals surface area contributed by atoms with E-state index in [2.05, 4.69) is 5.32 Å². The number of halogens is 1. The van der Waals surface area contributed by atoms with Gasteiger partial charge in [-0.1, -0.05) is 12.1 Å². The summed E-state index contributed by atoms with van der Waals surface area (Å²) in [5.41, 5.74) is 0.0221. The Kier molecular flexibility index (Phi) is 5.68. The molecule has 2 amide bonds. The van der Waals surface area contributed by atoms with E-state index in [1.807, 2.05) is 4.90 Å². The Hall–Kier alpha value is -1.95. The normalized spacial score (nSPS) is 20.1. The first kappa shape index (κ1) is 17.9. The molecular weight excluding hydrogens is 323 g/mol. The molecule has 2 fully saturated rings. The molecule has 1 aromatic carbocycles. The number of likely N-dealkylation sites (tertiary alicyclic amines) is 1. The molecule has 2 saturated heterocycles. The summed E-state index contributed by atoms with van der Waals surface area (Å²) in [5.74, 6) is -0.534. The van der Waals surface area contributed by atoms with Crippen LogP contribution in [0.1, 0.15) is 37.7 Å². The summed E-state index contributed by atoms with van der Waals surface area (Å²) < 4.78 is 18.7. The van der Waals surface area contributed by atoms with Gasteiger partial charge in [0.15, 0.2) is 0 Å². The Bertz CT molecular complexity index is 606. The van der Waals surface area contributed by atoms with Gasteiger partial charge in [0.2, 0.25) is 11.8 Å². The highest BCUT2D eigenvalue weighted by molar-refractivity contribution is 5.91. The van der Waals surface area contributed by atoms with Crippen LogP contribution in [-0.4, -0.2) is 49.6 Å². The Balaban J connectivity index is 1.69. The first-order valence-corrected chi connectivity index (χ1v) is 9.02. The Morgan fingerprint density at radius 3 is 2.36 bits per heavy atom. The highest BCUT2D eigenvalue weighted by Gasteiger charge is 2.41. The van der Waals surface area contributed by atoms with Crippen LogP contribution in [0.2, 0.25) is 0 Å². The second-order valence-corrected chi connectivity index (χ2v) is 6.83. The van der Waals surface area contributed by atoms with Gasteiger partial charge in [-0.25, -0.2) is 4.39 Å². The molecule has 6 heteroatoms. The maximum atomic E-state index is 13.3. The third-order valence-corrected chi connectivity index (χ3v) is 5.29. The molecule has 5 nitrogen and oxygen atoms in total. The SMILES string of the molecule is O=C(CNC(=O)C1(c2ccc(F)cc2)CCOCC1)N1CCCCC1. The van der Waals surface area contributed by atoms with E-state index >= 15 is 0 Å². The molecule has 0 atom stereocenters. The molecule has 2 aliphatic heterocycles. The number of amides is 2. The molecule has 0 unspecified atom stereocenters. The van der Waals surface area contributed by atoms with Crippen molar-refractivity contribution in [1.82, 2.24) is 10.2 Å². The van der Waals surface area contributed by atoms with Crippen LogP contribution >= 0.6 is 0 Å². The quantitative estimate of drug-likeness (QED) is 0.905. The van der Waals surface area contributed by atoms with Gasteiger partial charge in [-0.05, 0) is 49.8 Å². The third-order valence-electron chi connectivity index (χ3n) is 5.29. The zero-order chi connectivity index (χ0) is 17.7. The third kappa shape index (κ3) is 4.00. The number of rotatable bonds is 4.